The maximum absolute atomic E-state index is 13.3. The average Bonchev–Trinajstić information content (AvgIpc) is 2.48. The van der Waals surface area contributed by atoms with E-state index in [0.717, 1.165) is 18.1 Å². The largest absolute Gasteiger partial charge is 0.396 e. The van der Waals surface area contributed by atoms with E-state index < -0.39 is 11.7 Å². The van der Waals surface area contributed by atoms with Gasteiger partial charge in [0.1, 0.15) is 5.82 Å². The zero-order valence-electron chi connectivity index (χ0n) is 11.3. The molecule has 0 atom stereocenters. The number of nitrogens with one attached hydrogen (secondary N) is 1. The fraction of sp³-hybridized carbons (Fsp3) is 0.188. The highest BCUT2D eigenvalue weighted by atomic mass is 35.5. The SMILES string of the molecule is O=C(Nc1cccc(CCCO)c1)c1ccc(Cl)c(F)c1. The number of halogens is 2. The summed E-state index contributed by atoms with van der Waals surface area (Å²) < 4.78 is 13.3. The van der Waals surface area contributed by atoms with Gasteiger partial charge in [-0.2, -0.15) is 0 Å². The van der Waals surface area contributed by atoms with Gasteiger partial charge in [-0.15, -0.1) is 0 Å². The van der Waals surface area contributed by atoms with Crippen molar-refractivity contribution in [3.05, 3.63) is 64.4 Å². The van der Waals surface area contributed by atoms with E-state index in [2.05, 4.69) is 5.32 Å². The number of rotatable bonds is 5. The third-order valence-electron chi connectivity index (χ3n) is 2.99. The molecular weight excluding hydrogens is 293 g/mol. The molecule has 0 radical (unpaired) electrons. The van der Waals surface area contributed by atoms with Gasteiger partial charge in [-0.1, -0.05) is 23.7 Å². The minimum Gasteiger partial charge on any atom is -0.396 e. The average molecular weight is 308 g/mol. The number of hydrogen-bond acceptors (Lipinski definition) is 2. The van der Waals surface area contributed by atoms with Crippen LogP contribution in [0, 0.1) is 5.82 Å². The molecule has 0 spiro atoms. The summed E-state index contributed by atoms with van der Waals surface area (Å²) in [6, 6.07) is 11.3. The Kier molecular flexibility index (Phi) is 5.31. The highest BCUT2D eigenvalue weighted by molar-refractivity contribution is 6.30. The van der Waals surface area contributed by atoms with Gasteiger partial charge in [0.15, 0.2) is 0 Å². The standard InChI is InChI=1S/C16H15ClFNO2/c17-14-7-6-12(10-15(14)18)16(21)19-13-5-1-3-11(9-13)4-2-8-20/h1,3,5-7,9-10,20H,2,4,8H2,(H,19,21). The van der Waals surface area contributed by atoms with Crippen molar-refractivity contribution in [2.24, 2.45) is 0 Å². The van der Waals surface area contributed by atoms with Gasteiger partial charge < -0.3 is 10.4 Å². The van der Waals surface area contributed by atoms with E-state index in [-0.39, 0.29) is 17.2 Å². The number of carbonyl (C=O) groups excluding carboxylic acids is 1. The Hall–Kier alpha value is -1.91. The van der Waals surface area contributed by atoms with Crippen LogP contribution in [0.4, 0.5) is 10.1 Å². The predicted octanol–water partition coefficient (Wildman–Crippen LogP) is 3.66. The van der Waals surface area contributed by atoms with E-state index in [0.29, 0.717) is 12.1 Å². The van der Waals surface area contributed by atoms with Gasteiger partial charge in [0.2, 0.25) is 0 Å². The second-order valence-corrected chi connectivity index (χ2v) is 5.02. The molecular formula is C16H15ClFNO2. The fourth-order valence-electron chi connectivity index (χ4n) is 1.93. The number of aryl methyl sites for hydroxylation is 1. The van der Waals surface area contributed by atoms with Gasteiger partial charge in [0, 0.05) is 17.9 Å². The zero-order valence-corrected chi connectivity index (χ0v) is 12.0. The Morgan fingerprint density at radius 2 is 2.05 bits per heavy atom. The number of amides is 1. The van der Waals surface area contributed by atoms with Crippen molar-refractivity contribution in [1.82, 2.24) is 0 Å². The highest BCUT2D eigenvalue weighted by Crippen LogP contribution is 2.17. The molecule has 2 N–H and O–H groups in total. The molecule has 0 saturated heterocycles. The van der Waals surface area contributed by atoms with Crippen LogP contribution in [0.2, 0.25) is 5.02 Å². The van der Waals surface area contributed by atoms with Crippen LogP contribution in [-0.4, -0.2) is 17.6 Å². The second-order valence-electron chi connectivity index (χ2n) is 4.61. The van der Waals surface area contributed by atoms with Gasteiger partial charge in [-0.25, -0.2) is 4.39 Å². The maximum atomic E-state index is 13.3. The van der Waals surface area contributed by atoms with Gasteiger partial charge in [0.05, 0.1) is 5.02 Å². The van der Waals surface area contributed by atoms with Crippen molar-refractivity contribution < 1.29 is 14.3 Å². The van der Waals surface area contributed by atoms with Crippen LogP contribution >= 0.6 is 11.6 Å². The fourth-order valence-corrected chi connectivity index (χ4v) is 2.05. The lowest BCUT2D eigenvalue weighted by molar-refractivity contribution is 0.102. The lowest BCUT2D eigenvalue weighted by Crippen LogP contribution is -2.12. The van der Waals surface area contributed by atoms with Crippen molar-refractivity contribution in [2.45, 2.75) is 12.8 Å². The monoisotopic (exact) mass is 307 g/mol. The number of hydrogen-bond donors (Lipinski definition) is 2. The Morgan fingerprint density at radius 1 is 1.24 bits per heavy atom. The quantitative estimate of drug-likeness (QED) is 0.885. The van der Waals surface area contributed by atoms with Crippen molar-refractivity contribution in [1.29, 1.82) is 0 Å². The summed E-state index contributed by atoms with van der Waals surface area (Å²) in [5, 5.41) is 11.5. The molecule has 2 rings (SSSR count). The molecule has 0 aliphatic carbocycles. The molecule has 110 valence electrons. The summed E-state index contributed by atoms with van der Waals surface area (Å²) in [6.45, 7) is 0.126. The minimum absolute atomic E-state index is 0.0162. The van der Waals surface area contributed by atoms with Crippen LogP contribution in [0.1, 0.15) is 22.3 Å². The smallest absolute Gasteiger partial charge is 0.255 e. The molecule has 2 aromatic rings. The zero-order chi connectivity index (χ0) is 15.2. The molecule has 0 aromatic heterocycles. The summed E-state index contributed by atoms with van der Waals surface area (Å²) in [6.07, 6.45) is 1.40. The normalized spacial score (nSPS) is 10.4. The maximum Gasteiger partial charge on any atom is 0.255 e. The molecule has 0 heterocycles. The second kappa shape index (κ2) is 7.20. The Labute approximate surface area is 127 Å². The van der Waals surface area contributed by atoms with Crippen LogP contribution in [0.5, 0.6) is 0 Å². The molecule has 0 aliphatic heterocycles. The van der Waals surface area contributed by atoms with Crippen LogP contribution in [0.15, 0.2) is 42.5 Å². The summed E-state index contributed by atoms with van der Waals surface area (Å²) >= 11 is 5.59. The number of aliphatic hydroxyl groups is 1. The highest BCUT2D eigenvalue weighted by Gasteiger charge is 2.09. The molecule has 0 bridgehead atoms. The van der Waals surface area contributed by atoms with Crippen LogP contribution < -0.4 is 5.32 Å². The first kappa shape index (κ1) is 15.5. The molecule has 0 aliphatic rings. The predicted molar refractivity (Wildman–Crippen MR) is 81.2 cm³/mol. The number of carbonyl (C=O) groups is 1. The summed E-state index contributed by atoms with van der Waals surface area (Å²) in [4.78, 5) is 12.0. The van der Waals surface area contributed by atoms with Crippen molar-refractivity contribution in [3.8, 4) is 0 Å². The van der Waals surface area contributed by atoms with E-state index in [1.807, 2.05) is 18.2 Å². The lowest BCUT2D eigenvalue weighted by atomic mass is 10.1. The first-order valence-electron chi connectivity index (χ1n) is 6.56. The molecule has 2 aromatic carbocycles. The number of aliphatic hydroxyl groups excluding tert-OH is 1. The minimum atomic E-state index is -0.624. The lowest BCUT2D eigenvalue weighted by Gasteiger charge is -2.08. The number of anilines is 1. The number of benzene rings is 2. The third-order valence-corrected chi connectivity index (χ3v) is 3.30. The van der Waals surface area contributed by atoms with E-state index in [9.17, 15) is 9.18 Å². The van der Waals surface area contributed by atoms with Gasteiger partial charge in [-0.05, 0) is 48.7 Å². The molecule has 0 saturated carbocycles. The molecule has 1 amide bonds. The summed E-state index contributed by atoms with van der Waals surface area (Å²) in [5.74, 6) is -1.02. The van der Waals surface area contributed by atoms with Gasteiger partial charge in [-0.3, -0.25) is 4.79 Å². The van der Waals surface area contributed by atoms with Crippen LogP contribution in [-0.2, 0) is 6.42 Å². The van der Waals surface area contributed by atoms with Crippen LogP contribution in [0.25, 0.3) is 0 Å². The first-order chi connectivity index (χ1) is 10.1. The van der Waals surface area contributed by atoms with Crippen LogP contribution in [0.3, 0.4) is 0 Å². The molecule has 0 unspecified atom stereocenters. The van der Waals surface area contributed by atoms with Crippen molar-refractivity contribution in [3.63, 3.8) is 0 Å². The van der Waals surface area contributed by atoms with Crippen molar-refractivity contribution in [2.75, 3.05) is 11.9 Å². The summed E-state index contributed by atoms with van der Waals surface area (Å²) in [7, 11) is 0. The molecule has 5 heteroatoms. The Bertz CT molecular complexity index is 646. The van der Waals surface area contributed by atoms with Gasteiger partial charge >= 0.3 is 0 Å². The molecule has 0 fully saturated rings. The van der Waals surface area contributed by atoms with Crippen molar-refractivity contribution >= 4 is 23.2 Å². The Morgan fingerprint density at radius 3 is 2.76 bits per heavy atom. The van der Waals surface area contributed by atoms with E-state index in [1.165, 1.54) is 12.1 Å². The summed E-state index contributed by atoms with van der Waals surface area (Å²) in [5.41, 5.74) is 1.85. The van der Waals surface area contributed by atoms with E-state index >= 15 is 0 Å². The topological polar surface area (TPSA) is 49.3 Å². The Balaban J connectivity index is 2.10. The molecule has 3 nitrogen and oxygen atoms in total. The van der Waals surface area contributed by atoms with Gasteiger partial charge in [0.25, 0.3) is 5.91 Å². The first-order valence-corrected chi connectivity index (χ1v) is 6.94. The van der Waals surface area contributed by atoms with E-state index in [1.54, 1.807) is 6.07 Å². The van der Waals surface area contributed by atoms with E-state index in [4.69, 9.17) is 16.7 Å². The third kappa shape index (κ3) is 4.28. The molecule has 21 heavy (non-hydrogen) atoms.